The third-order valence-electron chi connectivity index (χ3n) is 3.09. The second-order valence-corrected chi connectivity index (χ2v) is 5.36. The van der Waals surface area contributed by atoms with Gasteiger partial charge in [-0.25, -0.2) is 0 Å². The fourth-order valence-electron chi connectivity index (χ4n) is 2.09. The van der Waals surface area contributed by atoms with Crippen molar-refractivity contribution in [2.45, 2.75) is 19.4 Å². The first-order chi connectivity index (χ1) is 8.16. The van der Waals surface area contributed by atoms with Crippen molar-refractivity contribution >= 4 is 21.8 Å². The minimum atomic E-state index is 0.223. The van der Waals surface area contributed by atoms with E-state index in [0.29, 0.717) is 12.5 Å². The van der Waals surface area contributed by atoms with Crippen LogP contribution in [0.1, 0.15) is 12.5 Å². The van der Waals surface area contributed by atoms with Crippen LogP contribution in [0.2, 0.25) is 0 Å². The summed E-state index contributed by atoms with van der Waals surface area (Å²) < 4.78 is 1.05. The molecule has 2 rings (SSSR count). The molecule has 0 saturated carbocycles. The molecule has 0 aromatic heterocycles. The summed E-state index contributed by atoms with van der Waals surface area (Å²) in [6, 6.07) is 8.24. The van der Waals surface area contributed by atoms with Crippen LogP contribution in [-0.4, -0.2) is 36.5 Å². The van der Waals surface area contributed by atoms with E-state index in [-0.39, 0.29) is 5.91 Å². The van der Waals surface area contributed by atoms with Crippen LogP contribution in [0.3, 0.4) is 0 Å². The molecule has 0 aliphatic carbocycles. The van der Waals surface area contributed by atoms with Crippen LogP contribution in [0.5, 0.6) is 0 Å². The highest BCUT2D eigenvalue weighted by Gasteiger charge is 2.22. The Balaban J connectivity index is 1.98. The van der Waals surface area contributed by atoms with Crippen LogP contribution in [-0.2, 0) is 11.2 Å². The van der Waals surface area contributed by atoms with E-state index in [4.69, 9.17) is 0 Å². The van der Waals surface area contributed by atoms with Crippen LogP contribution in [0, 0.1) is 0 Å². The van der Waals surface area contributed by atoms with Crippen molar-refractivity contribution in [1.82, 2.24) is 10.2 Å². The summed E-state index contributed by atoms with van der Waals surface area (Å²) in [5.41, 5.74) is 1.07. The quantitative estimate of drug-likeness (QED) is 0.903. The Morgan fingerprint density at radius 1 is 1.47 bits per heavy atom. The molecule has 17 heavy (non-hydrogen) atoms. The molecule has 0 spiro atoms. The molecule has 1 fully saturated rings. The van der Waals surface area contributed by atoms with E-state index < -0.39 is 0 Å². The van der Waals surface area contributed by atoms with Crippen molar-refractivity contribution in [2.75, 3.05) is 19.6 Å². The van der Waals surface area contributed by atoms with Gasteiger partial charge in [-0.1, -0.05) is 28.1 Å². The first-order valence-electron chi connectivity index (χ1n) is 5.91. The number of hydrogen-bond acceptors (Lipinski definition) is 2. The fraction of sp³-hybridized carbons (Fsp3) is 0.462. The molecule has 1 aromatic rings. The molecule has 1 N–H and O–H groups in total. The summed E-state index contributed by atoms with van der Waals surface area (Å²) in [7, 11) is 0. The topological polar surface area (TPSA) is 32.3 Å². The van der Waals surface area contributed by atoms with E-state index in [1.807, 2.05) is 29.2 Å². The van der Waals surface area contributed by atoms with Crippen molar-refractivity contribution in [2.24, 2.45) is 0 Å². The number of carbonyl (C=O) groups excluding carboxylic acids is 1. The second-order valence-electron chi connectivity index (χ2n) is 4.44. The molecule has 1 amide bonds. The molecule has 0 unspecified atom stereocenters. The third-order valence-corrected chi connectivity index (χ3v) is 3.62. The van der Waals surface area contributed by atoms with Gasteiger partial charge >= 0.3 is 0 Å². The van der Waals surface area contributed by atoms with Crippen LogP contribution in [0.25, 0.3) is 0 Å². The third kappa shape index (κ3) is 3.30. The van der Waals surface area contributed by atoms with Gasteiger partial charge in [-0.15, -0.1) is 0 Å². The smallest absolute Gasteiger partial charge is 0.227 e. The number of benzene rings is 1. The second kappa shape index (κ2) is 5.65. The Kier molecular flexibility index (Phi) is 4.18. The predicted molar refractivity (Wildman–Crippen MR) is 71.9 cm³/mol. The van der Waals surface area contributed by atoms with Gasteiger partial charge in [0.15, 0.2) is 0 Å². The molecule has 1 heterocycles. The Hall–Kier alpha value is -0.870. The van der Waals surface area contributed by atoms with Crippen LogP contribution in [0.15, 0.2) is 28.7 Å². The Morgan fingerprint density at radius 2 is 2.18 bits per heavy atom. The molecule has 92 valence electrons. The Morgan fingerprint density at radius 3 is 2.82 bits per heavy atom. The molecule has 1 atom stereocenters. The van der Waals surface area contributed by atoms with E-state index >= 15 is 0 Å². The highest BCUT2D eigenvalue weighted by molar-refractivity contribution is 9.10. The summed E-state index contributed by atoms with van der Waals surface area (Å²) >= 11 is 3.39. The normalized spacial score (nSPS) is 20.4. The van der Waals surface area contributed by atoms with Gasteiger partial charge < -0.3 is 10.2 Å². The Labute approximate surface area is 110 Å². The van der Waals surface area contributed by atoms with Gasteiger partial charge in [0.1, 0.15) is 0 Å². The standard InChI is InChI=1S/C13H17BrN2O/c1-10-9-15-6-7-16(10)13(17)8-11-2-4-12(14)5-3-11/h2-5,10,15H,6-9H2,1H3/t10-/m0/s1. The minimum Gasteiger partial charge on any atom is -0.337 e. The van der Waals surface area contributed by atoms with Gasteiger partial charge in [-0.2, -0.15) is 0 Å². The van der Waals surface area contributed by atoms with E-state index in [1.165, 1.54) is 0 Å². The van der Waals surface area contributed by atoms with E-state index in [2.05, 4.69) is 28.2 Å². The summed E-state index contributed by atoms with van der Waals surface area (Å²) in [6.45, 7) is 4.70. The van der Waals surface area contributed by atoms with E-state index in [0.717, 1.165) is 29.7 Å². The summed E-state index contributed by atoms with van der Waals surface area (Å²) in [5.74, 6) is 0.223. The van der Waals surface area contributed by atoms with Crippen LogP contribution < -0.4 is 5.32 Å². The van der Waals surface area contributed by atoms with Gasteiger partial charge in [0.2, 0.25) is 5.91 Å². The zero-order chi connectivity index (χ0) is 12.3. The highest BCUT2D eigenvalue weighted by Crippen LogP contribution is 2.12. The molecule has 1 saturated heterocycles. The van der Waals surface area contributed by atoms with Crippen molar-refractivity contribution in [3.8, 4) is 0 Å². The number of rotatable bonds is 2. The predicted octanol–water partition coefficient (Wildman–Crippen LogP) is 1.81. The summed E-state index contributed by atoms with van der Waals surface area (Å²) in [4.78, 5) is 14.1. The monoisotopic (exact) mass is 296 g/mol. The number of nitrogens with one attached hydrogen (secondary N) is 1. The largest absolute Gasteiger partial charge is 0.337 e. The first-order valence-corrected chi connectivity index (χ1v) is 6.71. The van der Waals surface area contributed by atoms with Gasteiger partial charge in [0.05, 0.1) is 6.42 Å². The van der Waals surface area contributed by atoms with Gasteiger partial charge in [-0.05, 0) is 24.6 Å². The molecular weight excluding hydrogens is 280 g/mol. The lowest BCUT2D eigenvalue weighted by molar-refractivity contribution is -0.133. The van der Waals surface area contributed by atoms with Crippen molar-refractivity contribution in [1.29, 1.82) is 0 Å². The molecular formula is C13H17BrN2O. The lowest BCUT2D eigenvalue weighted by Gasteiger charge is -2.34. The van der Waals surface area contributed by atoms with Crippen LogP contribution >= 0.6 is 15.9 Å². The van der Waals surface area contributed by atoms with Gasteiger partial charge in [0.25, 0.3) is 0 Å². The maximum Gasteiger partial charge on any atom is 0.227 e. The highest BCUT2D eigenvalue weighted by atomic mass is 79.9. The Bertz CT molecular complexity index is 391. The first kappa shape index (κ1) is 12.6. The number of carbonyl (C=O) groups is 1. The SMILES string of the molecule is C[C@H]1CNCCN1C(=O)Cc1ccc(Br)cc1. The molecule has 1 aromatic carbocycles. The minimum absolute atomic E-state index is 0.223. The maximum atomic E-state index is 12.1. The van der Waals surface area contributed by atoms with Gasteiger partial charge in [0, 0.05) is 30.1 Å². The average molecular weight is 297 g/mol. The number of amides is 1. The molecule has 0 bridgehead atoms. The summed E-state index contributed by atoms with van der Waals surface area (Å²) in [6.07, 6.45) is 0.498. The fourth-order valence-corrected chi connectivity index (χ4v) is 2.35. The zero-order valence-corrected chi connectivity index (χ0v) is 11.5. The molecule has 1 aliphatic heterocycles. The lowest BCUT2D eigenvalue weighted by atomic mass is 10.1. The number of piperazine rings is 1. The van der Waals surface area contributed by atoms with Crippen LogP contribution in [0.4, 0.5) is 0 Å². The van der Waals surface area contributed by atoms with E-state index in [9.17, 15) is 4.79 Å². The number of nitrogens with zero attached hydrogens (tertiary/aromatic N) is 1. The molecule has 4 heteroatoms. The molecule has 3 nitrogen and oxygen atoms in total. The zero-order valence-electron chi connectivity index (χ0n) is 9.95. The molecule has 1 aliphatic rings. The van der Waals surface area contributed by atoms with Crippen molar-refractivity contribution < 1.29 is 4.79 Å². The maximum absolute atomic E-state index is 12.1. The van der Waals surface area contributed by atoms with Gasteiger partial charge in [-0.3, -0.25) is 4.79 Å². The number of halogens is 1. The van der Waals surface area contributed by atoms with Crippen molar-refractivity contribution in [3.63, 3.8) is 0 Å². The molecule has 0 radical (unpaired) electrons. The summed E-state index contributed by atoms with van der Waals surface area (Å²) in [5, 5.41) is 3.29. The van der Waals surface area contributed by atoms with Crippen molar-refractivity contribution in [3.05, 3.63) is 34.3 Å². The average Bonchev–Trinajstić information content (AvgIpc) is 2.32. The van der Waals surface area contributed by atoms with E-state index in [1.54, 1.807) is 0 Å². The lowest BCUT2D eigenvalue weighted by Crippen LogP contribution is -2.52. The number of hydrogen-bond donors (Lipinski definition) is 1.